The van der Waals surface area contributed by atoms with Gasteiger partial charge in [-0.1, -0.05) is 26.2 Å². The molecule has 1 atom stereocenters. The van der Waals surface area contributed by atoms with Crippen LogP contribution in [0.15, 0.2) is 10.5 Å². The van der Waals surface area contributed by atoms with E-state index in [2.05, 4.69) is 5.32 Å². The molecule has 2 rings (SSSR count). The summed E-state index contributed by atoms with van der Waals surface area (Å²) in [6.45, 7) is 4.50. The highest BCUT2D eigenvalue weighted by Crippen LogP contribution is 2.26. The van der Waals surface area contributed by atoms with Gasteiger partial charge in [0.1, 0.15) is 5.76 Å². The lowest BCUT2D eigenvalue weighted by Gasteiger charge is -2.29. The summed E-state index contributed by atoms with van der Waals surface area (Å²) >= 11 is 0. The molecule has 1 aliphatic rings. The van der Waals surface area contributed by atoms with Crippen molar-refractivity contribution in [3.05, 3.63) is 23.2 Å². The first-order valence-electron chi connectivity index (χ1n) is 7.76. The van der Waals surface area contributed by atoms with Crippen molar-refractivity contribution in [3.8, 4) is 0 Å². The maximum atomic E-state index is 12.3. The number of carbonyl (C=O) groups excluding carboxylic acids is 1. The highest BCUT2D eigenvalue weighted by atomic mass is 16.4. The highest BCUT2D eigenvalue weighted by Gasteiger charge is 2.25. The Labute approximate surface area is 121 Å². The van der Waals surface area contributed by atoms with Crippen LogP contribution in [0.1, 0.15) is 60.9 Å². The molecule has 112 valence electrons. The van der Waals surface area contributed by atoms with Gasteiger partial charge in [-0.05, 0) is 37.3 Å². The number of nitrogens with one attached hydrogen (secondary N) is 1. The first-order valence-corrected chi connectivity index (χ1v) is 7.76. The van der Waals surface area contributed by atoms with Crippen molar-refractivity contribution >= 4 is 5.91 Å². The van der Waals surface area contributed by atoms with Crippen LogP contribution < -0.4 is 11.1 Å². The molecule has 0 radical (unpaired) electrons. The maximum Gasteiger partial charge on any atom is 0.287 e. The average Bonchev–Trinajstić information content (AvgIpc) is 2.86. The van der Waals surface area contributed by atoms with Gasteiger partial charge in [-0.3, -0.25) is 4.79 Å². The van der Waals surface area contributed by atoms with Crippen molar-refractivity contribution in [1.82, 2.24) is 5.32 Å². The molecule has 1 aliphatic carbocycles. The summed E-state index contributed by atoms with van der Waals surface area (Å²) in [5.41, 5.74) is 6.89. The average molecular weight is 278 g/mol. The zero-order valence-electron chi connectivity index (χ0n) is 12.6. The van der Waals surface area contributed by atoms with E-state index >= 15 is 0 Å². The molecule has 4 heteroatoms. The molecule has 1 amide bonds. The van der Waals surface area contributed by atoms with Crippen molar-refractivity contribution in [2.75, 3.05) is 6.54 Å². The molecule has 1 heterocycles. The zero-order valence-corrected chi connectivity index (χ0v) is 12.6. The minimum Gasteiger partial charge on any atom is -0.456 e. The molecule has 4 nitrogen and oxygen atoms in total. The summed E-state index contributed by atoms with van der Waals surface area (Å²) in [7, 11) is 0. The summed E-state index contributed by atoms with van der Waals surface area (Å²) in [6.07, 6.45) is 6.94. The fraction of sp³-hybridized carbons (Fsp3) is 0.688. The van der Waals surface area contributed by atoms with Gasteiger partial charge >= 0.3 is 0 Å². The summed E-state index contributed by atoms with van der Waals surface area (Å²) in [6, 6.07) is 1.89. The van der Waals surface area contributed by atoms with E-state index < -0.39 is 0 Å². The minimum absolute atomic E-state index is 0.0679. The quantitative estimate of drug-likeness (QED) is 0.870. The number of carbonyl (C=O) groups is 1. The van der Waals surface area contributed by atoms with Crippen LogP contribution in [0.25, 0.3) is 0 Å². The van der Waals surface area contributed by atoms with Crippen LogP contribution in [-0.4, -0.2) is 18.5 Å². The van der Waals surface area contributed by atoms with Gasteiger partial charge in [0.25, 0.3) is 5.91 Å². The molecule has 0 aliphatic heterocycles. The fourth-order valence-corrected chi connectivity index (χ4v) is 3.13. The van der Waals surface area contributed by atoms with Crippen LogP contribution in [0.2, 0.25) is 0 Å². The van der Waals surface area contributed by atoms with Gasteiger partial charge in [0.15, 0.2) is 5.76 Å². The molecule has 1 saturated carbocycles. The Kier molecular flexibility index (Phi) is 5.24. The molecule has 20 heavy (non-hydrogen) atoms. The van der Waals surface area contributed by atoms with E-state index in [4.69, 9.17) is 10.2 Å². The number of hydrogen-bond donors (Lipinski definition) is 2. The van der Waals surface area contributed by atoms with Crippen molar-refractivity contribution in [1.29, 1.82) is 0 Å². The molecule has 0 saturated heterocycles. The number of nitrogens with two attached hydrogens (primary N) is 1. The van der Waals surface area contributed by atoms with E-state index in [1.165, 1.54) is 32.1 Å². The highest BCUT2D eigenvalue weighted by molar-refractivity contribution is 5.92. The SMILES string of the molecule is CCc1oc(C(=O)NC(CN)C2CCCCC2)cc1C. The molecular weight excluding hydrogens is 252 g/mol. The summed E-state index contributed by atoms with van der Waals surface area (Å²) in [4.78, 5) is 12.3. The van der Waals surface area contributed by atoms with Crippen LogP contribution in [0.5, 0.6) is 0 Å². The smallest absolute Gasteiger partial charge is 0.287 e. The van der Waals surface area contributed by atoms with Gasteiger partial charge in [0.2, 0.25) is 0 Å². The van der Waals surface area contributed by atoms with Crippen LogP contribution in [0.4, 0.5) is 0 Å². The molecule has 0 spiro atoms. The van der Waals surface area contributed by atoms with Crippen molar-refractivity contribution in [3.63, 3.8) is 0 Å². The molecule has 0 bridgehead atoms. The van der Waals surface area contributed by atoms with E-state index in [-0.39, 0.29) is 11.9 Å². The Morgan fingerprint density at radius 3 is 2.70 bits per heavy atom. The second kappa shape index (κ2) is 6.93. The van der Waals surface area contributed by atoms with Crippen molar-refractivity contribution < 1.29 is 9.21 Å². The molecule has 1 unspecified atom stereocenters. The molecule has 1 fully saturated rings. The molecule has 3 N–H and O–H groups in total. The predicted octanol–water partition coefficient (Wildman–Crippen LogP) is 2.79. The topological polar surface area (TPSA) is 68.3 Å². The molecular formula is C16H26N2O2. The Hall–Kier alpha value is -1.29. The van der Waals surface area contributed by atoms with Gasteiger partial charge in [0, 0.05) is 19.0 Å². The zero-order chi connectivity index (χ0) is 14.5. The van der Waals surface area contributed by atoms with E-state index in [1.807, 2.05) is 19.9 Å². The third-order valence-corrected chi connectivity index (χ3v) is 4.35. The second-order valence-corrected chi connectivity index (χ2v) is 5.78. The van der Waals surface area contributed by atoms with Gasteiger partial charge in [-0.2, -0.15) is 0 Å². The van der Waals surface area contributed by atoms with E-state index in [9.17, 15) is 4.79 Å². The standard InChI is InChI=1S/C16H26N2O2/c1-3-14-11(2)9-15(20-14)16(19)18-13(10-17)12-7-5-4-6-8-12/h9,12-13H,3-8,10,17H2,1-2H3,(H,18,19). The van der Waals surface area contributed by atoms with Crippen LogP contribution >= 0.6 is 0 Å². The Morgan fingerprint density at radius 1 is 1.45 bits per heavy atom. The molecule has 0 aromatic carbocycles. The minimum atomic E-state index is -0.131. The third kappa shape index (κ3) is 3.42. The fourth-order valence-electron chi connectivity index (χ4n) is 3.13. The lowest BCUT2D eigenvalue weighted by atomic mass is 9.84. The number of rotatable bonds is 5. The molecule has 1 aromatic heterocycles. The maximum absolute atomic E-state index is 12.3. The Morgan fingerprint density at radius 2 is 2.15 bits per heavy atom. The van der Waals surface area contributed by atoms with Crippen molar-refractivity contribution in [2.24, 2.45) is 11.7 Å². The van der Waals surface area contributed by atoms with Crippen LogP contribution in [0.3, 0.4) is 0 Å². The van der Waals surface area contributed by atoms with E-state index in [0.717, 1.165) is 17.7 Å². The summed E-state index contributed by atoms with van der Waals surface area (Å²) < 4.78 is 5.61. The normalized spacial score (nSPS) is 17.9. The van der Waals surface area contributed by atoms with E-state index in [0.29, 0.717) is 18.2 Å². The summed E-state index contributed by atoms with van der Waals surface area (Å²) in [5, 5.41) is 3.06. The van der Waals surface area contributed by atoms with Crippen molar-refractivity contribution in [2.45, 2.75) is 58.4 Å². The lowest BCUT2D eigenvalue weighted by molar-refractivity contribution is 0.0885. The Balaban J connectivity index is 2.00. The second-order valence-electron chi connectivity index (χ2n) is 5.78. The number of hydrogen-bond acceptors (Lipinski definition) is 3. The van der Waals surface area contributed by atoms with Gasteiger partial charge in [0.05, 0.1) is 0 Å². The first kappa shape index (κ1) is 15.1. The molecule has 1 aromatic rings. The lowest BCUT2D eigenvalue weighted by Crippen LogP contribution is -2.45. The number of furan rings is 1. The largest absolute Gasteiger partial charge is 0.456 e. The van der Waals surface area contributed by atoms with E-state index in [1.54, 1.807) is 0 Å². The van der Waals surface area contributed by atoms with Crippen LogP contribution in [0, 0.1) is 12.8 Å². The van der Waals surface area contributed by atoms with Gasteiger partial charge in [-0.15, -0.1) is 0 Å². The Bertz CT molecular complexity index is 447. The first-order chi connectivity index (χ1) is 9.65. The predicted molar refractivity (Wildman–Crippen MR) is 79.7 cm³/mol. The monoisotopic (exact) mass is 278 g/mol. The number of amides is 1. The van der Waals surface area contributed by atoms with Gasteiger partial charge < -0.3 is 15.5 Å². The van der Waals surface area contributed by atoms with Gasteiger partial charge in [-0.25, -0.2) is 0 Å². The third-order valence-electron chi connectivity index (χ3n) is 4.35. The number of aryl methyl sites for hydroxylation is 2. The summed E-state index contributed by atoms with van der Waals surface area (Å²) in [5.74, 6) is 1.68. The van der Waals surface area contributed by atoms with Crippen LogP contribution in [-0.2, 0) is 6.42 Å².